The van der Waals surface area contributed by atoms with Gasteiger partial charge in [-0.05, 0) is 97.3 Å². The Morgan fingerprint density at radius 1 is 1.05 bits per heavy atom. The van der Waals surface area contributed by atoms with Gasteiger partial charge >= 0.3 is 5.69 Å². The smallest absolute Gasteiger partial charge is 0.312 e. The third kappa shape index (κ3) is 10.0. The van der Waals surface area contributed by atoms with Crippen LogP contribution in [0.2, 0.25) is 5.02 Å². The van der Waals surface area contributed by atoms with Gasteiger partial charge in [0.25, 0.3) is 15.9 Å². The number of pyridine rings is 1. The molecule has 0 bridgehead atoms. The number of fused-ring (bicyclic) bond motifs is 1. The van der Waals surface area contributed by atoms with Crippen LogP contribution >= 0.6 is 11.6 Å². The second kappa shape index (κ2) is 19.0. The van der Waals surface area contributed by atoms with E-state index >= 15 is 0 Å². The highest BCUT2D eigenvalue weighted by Gasteiger charge is 2.40. The highest BCUT2D eigenvalue weighted by molar-refractivity contribution is 7.90. The highest BCUT2D eigenvalue weighted by Crippen LogP contribution is 2.44. The van der Waals surface area contributed by atoms with E-state index in [1.54, 1.807) is 24.4 Å². The number of nitrogens with one attached hydrogen (secondary N) is 2. The molecular formula is C48H53ClFN7O8S. The number of halogens is 2. The van der Waals surface area contributed by atoms with Crippen LogP contribution in [0.25, 0.3) is 16.6 Å². The van der Waals surface area contributed by atoms with E-state index in [4.69, 9.17) is 25.8 Å². The molecule has 3 fully saturated rings. The Kier molecular flexibility index (Phi) is 13.1. The first-order valence-electron chi connectivity index (χ1n) is 22.3. The van der Waals surface area contributed by atoms with Crippen LogP contribution < -0.4 is 19.1 Å². The monoisotopic (exact) mass is 941 g/mol. The number of allylic oxidation sites excluding steroid dienone is 1. The standard InChI is InChI=1S/C48H53ClFN7O8S/c1-48(2)14-11-34(40(24-48)32-3-5-35(49)6-4-32)28-54-17-19-55(20-18-54)36-7-9-39(44(22-36)65-37-21-33-12-15-51-46(33)52-26-37)47(58)53-66(61,62)38-8-10-43(41(23-38)57(59)60)63-29-31-13-16-56(27-31)42-30-64-45(42)25-50/h3-10,12,15,21-23,26,31,42,45H,11,13-14,16-20,24-25,27-30H2,1-2H3,(H,51,52)(H,53,58)/t31?,42-,45+/m1/s1. The first kappa shape index (κ1) is 45.6. The largest absolute Gasteiger partial charge is 0.486 e. The minimum absolute atomic E-state index is 0.000830. The van der Waals surface area contributed by atoms with Crippen LogP contribution in [0, 0.1) is 21.4 Å². The zero-order chi connectivity index (χ0) is 46.2. The normalized spacial score (nSPS) is 21.5. The Morgan fingerprint density at radius 2 is 1.85 bits per heavy atom. The van der Waals surface area contributed by atoms with Gasteiger partial charge in [-0.1, -0.05) is 43.2 Å². The van der Waals surface area contributed by atoms with Crippen LogP contribution in [0.1, 0.15) is 55.5 Å². The van der Waals surface area contributed by atoms with Gasteiger partial charge < -0.3 is 24.1 Å². The highest BCUT2D eigenvalue weighted by atomic mass is 35.5. The third-order valence-electron chi connectivity index (χ3n) is 13.3. The van der Waals surface area contributed by atoms with Gasteiger partial charge in [-0.15, -0.1) is 0 Å². The number of sulfonamides is 1. The molecule has 0 radical (unpaired) electrons. The number of piperazine rings is 1. The second-order valence-electron chi connectivity index (χ2n) is 18.4. The molecule has 2 N–H and O–H groups in total. The summed E-state index contributed by atoms with van der Waals surface area (Å²) in [6.45, 7) is 9.97. The fourth-order valence-corrected chi connectivity index (χ4v) is 10.6. The van der Waals surface area contributed by atoms with Crippen molar-refractivity contribution in [2.75, 3.05) is 70.6 Å². The molecular weight excluding hydrogens is 889 g/mol. The molecule has 5 aromatic rings. The number of alkyl halides is 1. The summed E-state index contributed by atoms with van der Waals surface area (Å²) in [4.78, 5) is 39.3. The lowest BCUT2D eigenvalue weighted by molar-refractivity contribution is -0.386. The predicted molar refractivity (Wildman–Crippen MR) is 250 cm³/mol. The zero-order valence-corrected chi connectivity index (χ0v) is 38.5. The average molecular weight is 943 g/mol. The van der Waals surface area contributed by atoms with Crippen molar-refractivity contribution in [3.05, 3.63) is 117 Å². The number of rotatable bonds is 15. The summed E-state index contributed by atoms with van der Waals surface area (Å²) in [5, 5.41) is 13.7. The molecule has 0 spiro atoms. The molecule has 4 aliphatic rings. The van der Waals surface area contributed by atoms with Crippen LogP contribution in [0.15, 0.2) is 95.7 Å². The molecule has 0 saturated carbocycles. The molecule has 15 nitrogen and oxygen atoms in total. The van der Waals surface area contributed by atoms with E-state index < -0.39 is 44.2 Å². The summed E-state index contributed by atoms with van der Waals surface area (Å²) in [6.07, 6.45) is 6.74. The SMILES string of the molecule is CC1(C)CCC(CN2CCN(c3ccc(C(=O)NS(=O)(=O)c4ccc(OCC5CCN([C@@H]6CO[C@H]6CF)C5)c([N+](=O)[O-])c4)c(Oc4cnc5[nH]ccc5c4)c3)CC2)=C(c2ccc(Cl)cc2)C1. The number of carbonyl (C=O) groups is 1. The molecule has 3 aliphatic heterocycles. The summed E-state index contributed by atoms with van der Waals surface area (Å²) < 4.78 is 60.3. The van der Waals surface area contributed by atoms with Gasteiger partial charge in [0.05, 0.1) is 40.8 Å². The average Bonchev–Trinajstić information content (AvgIpc) is 3.96. The van der Waals surface area contributed by atoms with Crippen LogP contribution in [-0.2, 0) is 14.8 Å². The van der Waals surface area contributed by atoms with E-state index in [-0.39, 0.29) is 41.0 Å². The maximum absolute atomic E-state index is 14.0. The van der Waals surface area contributed by atoms with Crippen LogP contribution in [-0.4, -0.2) is 117 Å². The van der Waals surface area contributed by atoms with E-state index in [1.165, 1.54) is 41.1 Å². The number of hydrogen-bond donors (Lipinski definition) is 2. The van der Waals surface area contributed by atoms with E-state index in [2.05, 4.69) is 55.4 Å². The molecule has 18 heteroatoms. The topological polar surface area (TPSA) is 172 Å². The van der Waals surface area contributed by atoms with Gasteiger partial charge in [0.15, 0.2) is 5.75 Å². The molecule has 348 valence electrons. The van der Waals surface area contributed by atoms with Crippen molar-refractivity contribution in [1.82, 2.24) is 24.5 Å². The van der Waals surface area contributed by atoms with Gasteiger partial charge in [0.2, 0.25) is 0 Å². The summed E-state index contributed by atoms with van der Waals surface area (Å²) in [6, 6.07) is 20.0. The van der Waals surface area contributed by atoms with Crippen molar-refractivity contribution in [3.8, 4) is 17.2 Å². The van der Waals surface area contributed by atoms with Crippen molar-refractivity contribution < 1.29 is 36.7 Å². The van der Waals surface area contributed by atoms with Gasteiger partial charge in [-0.3, -0.25) is 24.7 Å². The van der Waals surface area contributed by atoms with Gasteiger partial charge in [0.1, 0.15) is 29.9 Å². The van der Waals surface area contributed by atoms with Crippen molar-refractivity contribution in [2.45, 2.75) is 56.6 Å². The van der Waals surface area contributed by atoms with Crippen LogP contribution in [0.3, 0.4) is 0 Å². The van der Waals surface area contributed by atoms with E-state index in [0.717, 1.165) is 74.0 Å². The number of aromatic amines is 1. The number of anilines is 1. The first-order chi connectivity index (χ1) is 31.7. The molecule has 1 amide bonds. The lowest BCUT2D eigenvalue weighted by atomic mass is 9.72. The minimum atomic E-state index is -4.63. The summed E-state index contributed by atoms with van der Waals surface area (Å²) in [5.41, 5.74) is 5.10. The van der Waals surface area contributed by atoms with E-state index in [0.29, 0.717) is 37.6 Å². The van der Waals surface area contributed by atoms with E-state index in [9.17, 15) is 27.7 Å². The summed E-state index contributed by atoms with van der Waals surface area (Å²) >= 11 is 6.24. The van der Waals surface area contributed by atoms with Crippen molar-refractivity contribution >= 4 is 55.5 Å². The lowest BCUT2D eigenvalue weighted by Crippen LogP contribution is -2.56. The number of nitro groups is 1. The number of H-pyrrole nitrogens is 1. The molecule has 2 aromatic heterocycles. The Balaban J connectivity index is 0.900. The number of nitro benzene ring substituents is 1. The number of ether oxygens (including phenoxy) is 3. The molecule has 3 aromatic carbocycles. The molecule has 1 unspecified atom stereocenters. The van der Waals surface area contributed by atoms with Gasteiger partial charge in [0, 0.05) is 79.6 Å². The number of carbonyl (C=O) groups excluding carboxylic acids is 1. The number of benzene rings is 3. The van der Waals surface area contributed by atoms with Crippen molar-refractivity contribution in [1.29, 1.82) is 0 Å². The number of likely N-dealkylation sites (tertiary alicyclic amines) is 1. The molecule has 1 aliphatic carbocycles. The molecule has 5 heterocycles. The molecule has 3 saturated heterocycles. The van der Waals surface area contributed by atoms with Crippen molar-refractivity contribution in [2.24, 2.45) is 11.3 Å². The lowest BCUT2D eigenvalue weighted by Gasteiger charge is -2.41. The van der Waals surface area contributed by atoms with E-state index in [1.807, 2.05) is 18.2 Å². The minimum Gasteiger partial charge on any atom is -0.486 e. The Labute approximate surface area is 388 Å². The van der Waals surface area contributed by atoms with Crippen LogP contribution in [0.5, 0.6) is 17.2 Å². The molecule has 3 atom stereocenters. The predicted octanol–water partition coefficient (Wildman–Crippen LogP) is 8.26. The Bertz CT molecular complexity index is 2760. The number of amides is 1. The van der Waals surface area contributed by atoms with Gasteiger partial charge in [-0.25, -0.2) is 22.5 Å². The fourth-order valence-electron chi connectivity index (χ4n) is 9.46. The second-order valence-corrected chi connectivity index (χ2v) is 20.6. The molecule has 9 rings (SSSR count). The fraction of sp³-hybridized carbons (Fsp3) is 0.417. The summed E-state index contributed by atoms with van der Waals surface area (Å²) in [7, 11) is -4.63. The number of nitrogens with zero attached hydrogens (tertiary/aromatic N) is 5. The quantitative estimate of drug-likeness (QED) is 0.0762. The van der Waals surface area contributed by atoms with Gasteiger partial charge in [-0.2, -0.15) is 0 Å². The molecule has 66 heavy (non-hydrogen) atoms. The first-order valence-corrected chi connectivity index (χ1v) is 24.2. The third-order valence-corrected chi connectivity index (χ3v) is 14.9. The maximum atomic E-state index is 14.0. The summed E-state index contributed by atoms with van der Waals surface area (Å²) in [5.74, 6) is -0.618. The number of aromatic nitrogens is 2. The van der Waals surface area contributed by atoms with Crippen LogP contribution in [0.4, 0.5) is 15.8 Å². The number of hydrogen-bond acceptors (Lipinski definition) is 12. The zero-order valence-electron chi connectivity index (χ0n) is 36.9. The van der Waals surface area contributed by atoms with Crippen molar-refractivity contribution in [3.63, 3.8) is 0 Å². The Morgan fingerprint density at radius 3 is 2.59 bits per heavy atom. The Hall–Kier alpha value is -5.59. The maximum Gasteiger partial charge on any atom is 0.312 e.